The molecule has 3 nitrogen and oxygen atoms in total. The number of allylic oxidation sites excluding steroid dienone is 4. The molecule has 0 aromatic heterocycles. The smallest absolute Gasteiger partial charge is 0.170 e. The summed E-state index contributed by atoms with van der Waals surface area (Å²) in [5.41, 5.74) is 9.37. The lowest BCUT2D eigenvalue weighted by molar-refractivity contribution is -0.135. The minimum atomic E-state index is -0.488. The van der Waals surface area contributed by atoms with Gasteiger partial charge in [0.2, 0.25) is 0 Å². The maximum absolute atomic E-state index is 13.7. The summed E-state index contributed by atoms with van der Waals surface area (Å²) in [6, 6.07) is 0. The van der Waals surface area contributed by atoms with Gasteiger partial charge >= 0.3 is 0 Å². The van der Waals surface area contributed by atoms with E-state index in [-0.39, 0.29) is 17.5 Å². The average molecular weight is 372 g/mol. The number of nitrogens with two attached hydrogens (primary N) is 1. The number of hydrogen-bond acceptors (Lipinski definition) is 3. The molecular formula is C24H37NO2. The van der Waals surface area contributed by atoms with Crippen LogP contribution in [0, 0.1) is 29.6 Å². The molecule has 3 rings (SSSR count). The molecule has 2 unspecified atom stereocenters. The lowest BCUT2D eigenvalue weighted by Crippen LogP contribution is -2.41. The monoisotopic (exact) mass is 371 g/mol. The standard InChI is InChI=1S/C24H37NO2/c1-15(2)18-11-10-16(3)13-21(18)24(27)23-20-9-5-4-8-19(20)17(7-6-12-25)14-22(23)26/h14-16,18,21,23H,4-13,25H2,1-3H3/t16-,18?,21-,23?/m1/s1. The van der Waals surface area contributed by atoms with Gasteiger partial charge < -0.3 is 5.73 Å². The van der Waals surface area contributed by atoms with E-state index in [9.17, 15) is 9.59 Å². The number of rotatable bonds is 6. The first-order chi connectivity index (χ1) is 12.9. The molecule has 0 radical (unpaired) electrons. The third kappa shape index (κ3) is 4.29. The normalized spacial score (nSPS) is 31.7. The van der Waals surface area contributed by atoms with E-state index < -0.39 is 5.92 Å². The van der Waals surface area contributed by atoms with Crippen molar-refractivity contribution < 1.29 is 9.59 Å². The van der Waals surface area contributed by atoms with Gasteiger partial charge in [0.05, 0.1) is 0 Å². The minimum Gasteiger partial charge on any atom is -0.330 e. The molecule has 3 aliphatic rings. The van der Waals surface area contributed by atoms with Crippen LogP contribution in [0.3, 0.4) is 0 Å². The topological polar surface area (TPSA) is 60.2 Å². The first-order valence-corrected chi connectivity index (χ1v) is 11.1. The third-order valence-electron chi connectivity index (χ3n) is 7.17. The molecule has 3 heteroatoms. The van der Waals surface area contributed by atoms with Gasteiger partial charge in [-0.2, -0.15) is 0 Å². The van der Waals surface area contributed by atoms with Gasteiger partial charge in [0.25, 0.3) is 0 Å². The molecule has 4 atom stereocenters. The van der Waals surface area contributed by atoms with E-state index in [0.717, 1.165) is 44.9 Å². The molecule has 1 saturated carbocycles. The Bertz CT molecular complexity index is 643. The largest absolute Gasteiger partial charge is 0.330 e. The zero-order chi connectivity index (χ0) is 19.6. The Balaban J connectivity index is 1.90. The van der Waals surface area contributed by atoms with E-state index in [1.54, 1.807) is 6.08 Å². The van der Waals surface area contributed by atoms with Gasteiger partial charge in [-0.3, -0.25) is 9.59 Å². The summed E-state index contributed by atoms with van der Waals surface area (Å²) >= 11 is 0. The average Bonchev–Trinajstić information content (AvgIpc) is 2.65. The summed E-state index contributed by atoms with van der Waals surface area (Å²) in [7, 11) is 0. The van der Waals surface area contributed by atoms with Gasteiger partial charge in [0, 0.05) is 5.92 Å². The summed E-state index contributed by atoms with van der Waals surface area (Å²) in [5, 5.41) is 0. The fraction of sp³-hybridized carbons (Fsp3) is 0.750. The van der Waals surface area contributed by atoms with E-state index in [0.29, 0.717) is 24.3 Å². The maximum atomic E-state index is 13.7. The predicted octanol–water partition coefficient (Wildman–Crippen LogP) is 5.00. The molecule has 0 aliphatic heterocycles. The van der Waals surface area contributed by atoms with Gasteiger partial charge in [-0.15, -0.1) is 0 Å². The van der Waals surface area contributed by atoms with Crippen molar-refractivity contribution >= 4 is 11.6 Å². The fourth-order valence-electron chi connectivity index (χ4n) is 5.70. The third-order valence-corrected chi connectivity index (χ3v) is 7.17. The molecule has 1 fully saturated rings. The van der Waals surface area contributed by atoms with Crippen molar-refractivity contribution in [3.63, 3.8) is 0 Å². The summed E-state index contributed by atoms with van der Waals surface area (Å²) in [5.74, 6) is 1.36. The number of hydrogen-bond donors (Lipinski definition) is 1. The first kappa shape index (κ1) is 20.5. The Kier molecular flexibility index (Phi) is 6.73. The highest BCUT2D eigenvalue weighted by Crippen LogP contribution is 2.45. The van der Waals surface area contributed by atoms with Crippen LogP contribution in [0.2, 0.25) is 0 Å². The van der Waals surface area contributed by atoms with Crippen molar-refractivity contribution in [1.82, 2.24) is 0 Å². The molecule has 150 valence electrons. The molecule has 0 heterocycles. The second-order valence-electron chi connectivity index (χ2n) is 9.44. The zero-order valence-electron chi connectivity index (χ0n) is 17.4. The van der Waals surface area contributed by atoms with Crippen LogP contribution in [-0.4, -0.2) is 18.1 Å². The molecule has 2 N–H and O–H groups in total. The number of Topliss-reactive ketones (excluding diaryl/α,β-unsaturated/α-hetero) is 1. The number of carbonyl (C=O) groups is 2. The van der Waals surface area contributed by atoms with Crippen LogP contribution in [-0.2, 0) is 9.59 Å². The van der Waals surface area contributed by atoms with E-state index in [4.69, 9.17) is 5.73 Å². The van der Waals surface area contributed by atoms with E-state index in [1.807, 2.05) is 0 Å². The van der Waals surface area contributed by atoms with Crippen molar-refractivity contribution in [3.8, 4) is 0 Å². The Labute approximate surface area is 164 Å². The SMILES string of the molecule is CC(C)C1CC[C@@H](C)C[C@H]1C(=O)C1C(=O)C=C(CCCN)C2=C1CCCC2. The van der Waals surface area contributed by atoms with Crippen molar-refractivity contribution in [2.24, 2.45) is 35.3 Å². The zero-order valence-corrected chi connectivity index (χ0v) is 17.4. The Morgan fingerprint density at radius 2 is 1.96 bits per heavy atom. The van der Waals surface area contributed by atoms with Gasteiger partial charge in [0.1, 0.15) is 5.92 Å². The predicted molar refractivity (Wildman–Crippen MR) is 110 cm³/mol. The highest BCUT2D eigenvalue weighted by molar-refractivity contribution is 6.12. The Morgan fingerprint density at radius 3 is 2.67 bits per heavy atom. The van der Waals surface area contributed by atoms with Crippen molar-refractivity contribution in [1.29, 1.82) is 0 Å². The summed E-state index contributed by atoms with van der Waals surface area (Å²) in [6.07, 6.45) is 11.1. The van der Waals surface area contributed by atoms with Crippen LogP contribution in [0.1, 0.15) is 78.6 Å². The molecule has 3 aliphatic carbocycles. The number of carbonyl (C=O) groups excluding carboxylic acids is 2. The maximum Gasteiger partial charge on any atom is 0.170 e. The molecule has 0 bridgehead atoms. The van der Waals surface area contributed by atoms with E-state index in [2.05, 4.69) is 20.8 Å². The quantitative estimate of drug-likeness (QED) is 0.668. The first-order valence-electron chi connectivity index (χ1n) is 11.1. The van der Waals surface area contributed by atoms with Gasteiger partial charge in [-0.25, -0.2) is 0 Å². The molecule has 0 saturated heterocycles. The number of ketones is 2. The lowest BCUT2D eigenvalue weighted by atomic mass is 9.63. The fourth-order valence-corrected chi connectivity index (χ4v) is 5.70. The summed E-state index contributed by atoms with van der Waals surface area (Å²) < 4.78 is 0. The van der Waals surface area contributed by atoms with Crippen molar-refractivity contribution in [2.45, 2.75) is 78.6 Å². The van der Waals surface area contributed by atoms with Crippen molar-refractivity contribution in [2.75, 3.05) is 6.54 Å². The molecule has 0 amide bonds. The van der Waals surface area contributed by atoms with Crippen LogP contribution in [0.4, 0.5) is 0 Å². The van der Waals surface area contributed by atoms with Crippen molar-refractivity contribution in [3.05, 3.63) is 22.8 Å². The van der Waals surface area contributed by atoms with Crippen LogP contribution in [0.5, 0.6) is 0 Å². The van der Waals surface area contributed by atoms with Crippen LogP contribution >= 0.6 is 0 Å². The minimum absolute atomic E-state index is 0.0494. The Hall–Kier alpha value is -1.22. The van der Waals surface area contributed by atoms with Gasteiger partial charge in [-0.1, -0.05) is 27.2 Å². The second-order valence-corrected chi connectivity index (χ2v) is 9.44. The molecule has 27 heavy (non-hydrogen) atoms. The van der Waals surface area contributed by atoms with Crippen LogP contribution in [0.15, 0.2) is 22.8 Å². The Morgan fingerprint density at radius 1 is 1.22 bits per heavy atom. The lowest BCUT2D eigenvalue weighted by Gasteiger charge is -2.39. The molecular weight excluding hydrogens is 334 g/mol. The summed E-state index contributed by atoms with van der Waals surface area (Å²) in [4.78, 5) is 26.8. The molecule has 0 aromatic rings. The molecule has 0 aromatic carbocycles. The van der Waals surface area contributed by atoms with Gasteiger partial charge in [-0.05, 0) is 98.5 Å². The van der Waals surface area contributed by atoms with Gasteiger partial charge in [0.15, 0.2) is 11.6 Å². The molecule has 0 spiro atoms. The highest BCUT2D eigenvalue weighted by atomic mass is 16.2. The second kappa shape index (κ2) is 8.86. The van der Waals surface area contributed by atoms with Crippen LogP contribution in [0.25, 0.3) is 0 Å². The van der Waals surface area contributed by atoms with Crippen LogP contribution < -0.4 is 5.73 Å². The highest BCUT2D eigenvalue weighted by Gasteiger charge is 2.43. The summed E-state index contributed by atoms with van der Waals surface area (Å²) in [6.45, 7) is 7.38. The van der Waals surface area contributed by atoms with E-state index >= 15 is 0 Å². The van der Waals surface area contributed by atoms with E-state index in [1.165, 1.54) is 29.6 Å².